The lowest BCUT2D eigenvalue weighted by atomic mass is 10.3. The number of para-hydroxylation sites is 2. The highest BCUT2D eigenvalue weighted by Gasteiger charge is 2.17. The number of hydrogen-bond acceptors (Lipinski definition) is 2. The van der Waals surface area contributed by atoms with Crippen molar-refractivity contribution in [3.8, 4) is 11.4 Å². The quantitative estimate of drug-likeness (QED) is 0.637. The van der Waals surface area contributed by atoms with E-state index in [9.17, 15) is 0 Å². The van der Waals surface area contributed by atoms with Crippen molar-refractivity contribution in [2.45, 2.75) is 6.92 Å². The van der Waals surface area contributed by atoms with Crippen molar-refractivity contribution in [3.05, 3.63) is 66.5 Å². The summed E-state index contributed by atoms with van der Waals surface area (Å²) in [5.41, 5.74) is 1.97. The third-order valence-corrected chi connectivity index (χ3v) is 2.71. The molecule has 0 saturated heterocycles. The fourth-order valence-corrected chi connectivity index (χ4v) is 1.83. The Morgan fingerprint density at radius 2 is 1.50 bits per heavy atom. The second kappa shape index (κ2) is 4.41. The van der Waals surface area contributed by atoms with E-state index in [2.05, 4.69) is 10.3 Å². The molecule has 3 aromatic rings. The predicted octanol–water partition coefficient (Wildman–Crippen LogP) is 1.85. The van der Waals surface area contributed by atoms with Crippen LogP contribution in [-0.4, -0.2) is 15.1 Å². The average Bonchev–Trinajstić information content (AvgIpc) is 2.83. The lowest BCUT2D eigenvalue weighted by molar-refractivity contribution is -0.667. The highest BCUT2D eigenvalue weighted by atomic mass is 15.6. The first-order valence-corrected chi connectivity index (χ1v) is 5.82. The summed E-state index contributed by atoms with van der Waals surface area (Å²) in [6.07, 6.45) is 0. The largest absolute Gasteiger partial charge is 0.301 e. The van der Waals surface area contributed by atoms with Crippen LogP contribution in [0.25, 0.3) is 11.4 Å². The van der Waals surface area contributed by atoms with Crippen LogP contribution in [-0.2, 0) is 0 Å². The normalized spacial score (nSPS) is 10.5. The minimum Gasteiger partial charge on any atom is -0.102 e. The van der Waals surface area contributed by atoms with Gasteiger partial charge >= 0.3 is 5.82 Å². The summed E-state index contributed by atoms with van der Waals surface area (Å²) in [6, 6.07) is 19.9. The first-order valence-electron chi connectivity index (χ1n) is 5.82. The molecule has 0 saturated carbocycles. The molecule has 0 aliphatic carbocycles. The first-order chi connectivity index (χ1) is 8.84. The van der Waals surface area contributed by atoms with E-state index in [1.54, 1.807) is 4.80 Å². The Kier molecular flexibility index (Phi) is 2.61. The summed E-state index contributed by atoms with van der Waals surface area (Å²) in [6.45, 7) is 1.94. The molecule has 4 nitrogen and oxygen atoms in total. The standard InChI is InChI=1S/C14H13N4/c1-12-15-18(14-10-6-3-7-11-14)16-17(12)13-8-4-2-5-9-13/h2-11H,1H3/q+1. The van der Waals surface area contributed by atoms with E-state index in [1.165, 1.54) is 0 Å². The van der Waals surface area contributed by atoms with E-state index in [0.29, 0.717) is 0 Å². The Hall–Kier alpha value is -2.49. The second-order valence-corrected chi connectivity index (χ2v) is 4.01. The summed E-state index contributed by atoms with van der Waals surface area (Å²) in [5.74, 6) is 0.852. The Labute approximate surface area is 105 Å². The molecule has 0 unspecified atom stereocenters. The van der Waals surface area contributed by atoms with Crippen molar-refractivity contribution < 1.29 is 4.68 Å². The lowest BCUT2D eigenvalue weighted by Crippen LogP contribution is -2.36. The Bertz CT molecular complexity index is 644. The summed E-state index contributed by atoms with van der Waals surface area (Å²) in [5, 5.41) is 8.90. The molecule has 0 fully saturated rings. The molecule has 0 radical (unpaired) electrons. The molecule has 3 rings (SSSR count). The number of benzene rings is 2. The number of rotatable bonds is 2. The first kappa shape index (κ1) is 10.7. The topological polar surface area (TPSA) is 34.6 Å². The fourth-order valence-electron chi connectivity index (χ4n) is 1.83. The van der Waals surface area contributed by atoms with Crippen molar-refractivity contribution >= 4 is 0 Å². The molecule has 18 heavy (non-hydrogen) atoms. The lowest BCUT2D eigenvalue weighted by Gasteiger charge is -1.93. The van der Waals surface area contributed by atoms with Gasteiger partial charge in [-0.05, 0) is 24.3 Å². The third kappa shape index (κ3) is 1.88. The maximum atomic E-state index is 4.47. The van der Waals surface area contributed by atoms with Gasteiger partial charge in [0.15, 0.2) is 5.69 Å². The number of aryl methyl sites for hydroxylation is 1. The van der Waals surface area contributed by atoms with E-state index < -0.39 is 0 Å². The summed E-state index contributed by atoms with van der Waals surface area (Å²) < 4.78 is 1.83. The zero-order chi connectivity index (χ0) is 12.4. The molecule has 0 aliphatic rings. The number of nitrogens with zero attached hydrogens (tertiary/aromatic N) is 4. The van der Waals surface area contributed by atoms with Crippen LogP contribution >= 0.6 is 0 Å². The Morgan fingerprint density at radius 1 is 0.889 bits per heavy atom. The third-order valence-electron chi connectivity index (χ3n) is 2.71. The predicted molar refractivity (Wildman–Crippen MR) is 67.6 cm³/mol. The maximum Gasteiger partial charge on any atom is 0.301 e. The van der Waals surface area contributed by atoms with Crippen LogP contribution in [0, 0.1) is 6.92 Å². The van der Waals surface area contributed by atoms with Crippen molar-refractivity contribution in [1.82, 2.24) is 15.1 Å². The molecule has 0 amide bonds. The van der Waals surface area contributed by atoms with Gasteiger partial charge < -0.3 is 0 Å². The zero-order valence-electron chi connectivity index (χ0n) is 10.1. The minimum atomic E-state index is 0.852. The number of tetrazole rings is 1. The van der Waals surface area contributed by atoms with Gasteiger partial charge in [-0.3, -0.25) is 0 Å². The molecule has 1 aromatic heterocycles. The highest BCUT2D eigenvalue weighted by molar-refractivity contribution is 5.28. The van der Waals surface area contributed by atoms with E-state index in [0.717, 1.165) is 17.2 Å². The van der Waals surface area contributed by atoms with Gasteiger partial charge in [-0.2, -0.15) is 0 Å². The molecular weight excluding hydrogens is 224 g/mol. The van der Waals surface area contributed by atoms with Gasteiger partial charge in [-0.25, -0.2) is 0 Å². The molecule has 0 aliphatic heterocycles. The average molecular weight is 237 g/mol. The van der Waals surface area contributed by atoms with Gasteiger partial charge in [0.25, 0.3) is 0 Å². The van der Waals surface area contributed by atoms with Gasteiger partial charge in [0.1, 0.15) is 5.69 Å². The van der Waals surface area contributed by atoms with Gasteiger partial charge in [-0.15, -0.1) is 4.68 Å². The maximum absolute atomic E-state index is 4.47. The van der Waals surface area contributed by atoms with E-state index in [1.807, 2.05) is 72.3 Å². The monoisotopic (exact) mass is 237 g/mol. The molecule has 88 valence electrons. The molecular formula is C14H13N4+. The van der Waals surface area contributed by atoms with Crippen LogP contribution < -0.4 is 4.68 Å². The zero-order valence-corrected chi connectivity index (χ0v) is 10.1. The molecule has 2 aromatic carbocycles. The summed E-state index contributed by atoms with van der Waals surface area (Å²) in [7, 11) is 0. The molecule has 0 bridgehead atoms. The smallest absolute Gasteiger partial charge is 0.102 e. The second-order valence-electron chi connectivity index (χ2n) is 4.01. The van der Waals surface area contributed by atoms with E-state index in [4.69, 9.17) is 0 Å². The van der Waals surface area contributed by atoms with Gasteiger partial charge in [0.2, 0.25) is 0 Å². The fraction of sp³-hybridized carbons (Fsp3) is 0.0714. The van der Waals surface area contributed by atoms with Crippen molar-refractivity contribution in [2.75, 3.05) is 0 Å². The van der Waals surface area contributed by atoms with Crippen molar-refractivity contribution in [2.24, 2.45) is 0 Å². The summed E-state index contributed by atoms with van der Waals surface area (Å²) in [4.78, 5) is 1.64. The molecule has 1 heterocycles. The van der Waals surface area contributed by atoms with Crippen LogP contribution in [0.2, 0.25) is 0 Å². The van der Waals surface area contributed by atoms with Gasteiger partial charge in [0, 0.05) is 11.7 Å². The van der Waals surface area contributed by atoms with Crippen molar-refractivity contribution in [1.29, 1.82) is 0 Å². The highest BCUT2D eigenvalue weighted by Crippen LogP contribution is 2.03. The van der Waals surface area contributed by atoms with Crippen LogP contribution in [0.5, 0.6) is 0 Å². The summed E-state index contributed by atoms with van der Waals surface area (Å²) >= 11 is 0. The molecule has 0 atom stereocenters. The number of aromatic nitrogens is 4. The minimum absolute atomic E-state index is 0.852. The molecule has 4 heteroatoms. The van der Waals surface area contributed by atoms with E-state index >= 15 is 0 Å². The SMILES string of the molecule is Cc1nn(-c2ccccc2)n[n+]1-c1ccccc1. The Morgan fingerprint density at radius 3 is 2.17 bits per heavy atom. The van der Waals surface area contributed by atoms with E-state index in [-0.39, 0.29) is 0 Å². The van der Waals surface area contributed by atoms with Crippen LogP contribution in [0.3, 0.4) is 0 Å². The van der Waals surface area contributed by atoms with Crippen LogP contribution in [0.15, 0.2) is 60.7 Å². The molecule has 0 N–H and O–H groups in total. The van der Waals surface area contributed by atoms with Gasteiger partial charge in [-0.1, -0.05) is 36.4 Å². The molecule has 0 spiro atoms. The Balaban J connectivity index is 2.07. The number of hydrogen-bond donors (Lipinski definition) is 0. The van der Waals surface area contributed by atoms with Gasteiger partial charge in [0.05, 0.1) is 10.3 Å². The van der Waals surface area contributed by atoms with Crippen molar-refractivity contribution in [3.63, 3.8) is 0 Å². The van der Waals surface area contributed by atoms with Crippen LogP contribution in [0.1, 0.15) is 5.82 Å². The van der Waals surface area contributed by atoms with Crippen LogP contribution in [0.4, 0.5) is 0 Å².